The maximum Gasteiger partial charge on any atom is 0.363 e. The standard InChI is InChI=1S/C25H20N2O5/c1-30-22-14-8-6-12-19(22)26-23(28)16-31-21-13-7-5-11-18(21)15-20-25(29)32-24(27-20)17-9-3-2-4-10-17/h2-15H,16H2,1H3,(H,26,28). The summed E-state index contributed by atoms with van der Waals surface area (Å²) in [7, 11) is 1.53. The summed E-state index contributed by atoms with van der Waals surface area (Å²) in [5.74, 6) is 0.342. The highest BCUT2D eigenvalue weighted by atomic mass is 16.6. The van der Waals surface area contributed by atoms with Crippen LogP contribution in [0.15, 0.2) is 89.6 Å². The van der Waals surface area contributed by atoms with Crippen LogP contribution >= 0.6 is 0 Å². The normalized spacial score (nSPS) is 14.0. The SMILES string of the molecule is COc1ccccc1NC(=O)COc1ccccc1C=C1N=C(c2ccccc2)OC1=O. The molecule has 32 heavy (non-hydrogen) atoms. The summed E-state index contributed by atoms with van der Waals surface area (Å²) in [5.41, 5.74) is 2.01. The fraction of sp³-hybridized carbons (Fsp3) is 0.0800. The van der Waals surface area contributed by atoms with Crippen LogP contribution in [0.3, 0.4) is 0 Å². The van der Waals surface area contributed by atoms with Crippen molar-refractivity contribution in [2.75, 3.05) is 19.0 Å². The Bertz CT molecular complexity index is 1200. The summed E-state index contributed by atoms with van der Waals surface area (Å²) in [4.78, 5) is 28.9. The Morgan fingerprint density at radius 2 is 1.66 bits per heavy atom. The van der Waals surface area contributed by atoms with E-state index >= 15 is 0 Å². The van der Waals surface area contributed by atoms with Crippen molar-refractivity contribution in [3.8, 4) is 11.5 Å². The van der Waals surface area contributed by atoms with E-state index in [0.29, 0.717) is 28.3 Å². The van der Waals surface area contributed by atoms with Crippen molar-refractivity contribution in [1.82, 2.24) is 0 Å². The number of hydrogen-bond acceptors (Lipinski definition) is 6. The van der Waals surface area contributed by atoms with Crippen molar-refractivity contribution in [1.29, 1.82) is 0 Å². The Kier molecular flexibility index (Phi) is 6.27. The average molecular weight is 428 g/mol. The molecule has 7 nitrogen and oxygen atoms in total. The molecule has 1 amide bonds. The minimum Gasteiger partial charge on any atom is -0.495 e. The van der Waals surface area contributed by atoms with Crippen LogP contribution in [0.1, 0.15) is 11.1 Å². The second-order valence-electron chi connectivity index (χ2n) is 6.78. The smallest absolute Gasteiger partial charge is 0.363 e. The molecule has 0 spiro atoms. The van der Waals surface area contributed by atoms with E-state index in [2.05, 4.69) is 10.3 Å². The number of para-hydroxylation sites is 3. The summed E-state index contributed by atoms with van der Waals surface area (Å²) in [6.45, 7) is -0.221. The number of esters is 1. The number of nitrogens with one attached hydrogen (secondary N) is 1. The summed E-state index contributed by atoms with van der Waals surface area (Å²) in [6.07, 6.45) is 1.58. The van der Waals surface area contributed by atoms with Crippen molar-refractivity contribution in [2.24, 2.45) is 4.99 Å². The van der Waals surface area contributed by atoms with E-state index in [4.69, 9.17) is 14.2 Å². The van der Waals surface area contributed by atoms with Gasteiger partial charge >= 0.3 is 5.97 Å². The Morgan fingerprint density at radius 1 is 0.969 bits per heavy atom. The summed E-state index contributed by atoms with van der Waals surface area (Å²) in [5, 5.41) is 2.75. The van der Waals surface area contributed by atoms with Gasteiger partial charge in [-0.15, -0.1) is 0 Å². The first-order valence-corrected chi connectivity index (χ1v) is 9.87. The second-order valence-corrected chi connectivity index (χ2v) is 6.78. The predicted octanol–water partition coefficient (Wildman–Crippen LogP) is 4.06. The highest BCUT2D eigenvalue weighted by molar-refractivity contribution is 6.12. The van der Waals surface area contributed by atoms with Gasteiger partial charge in [-0.1, -0.05) is 48.5 Å². The number of ether oxygens (including phenoxy) is 3. The van der Waals surface area contributed by atoms with Crippen molar-refractivity contribution < 1.29 is 23.8 Å². The minimum atomic E-state index is -0.549. The molecule has 160 valence electrons. The van der Waals surface area contributed by atoms with Gasteiger partial charge in [0.25, 0.3) is 5.91 Å². The molecule has 0 aliphatic carbocycles. The number of rotatable bonds is 7. The van der Waals surface area contributed by atoms with Crippen molar-refractivity contribution in [2.45, 2.75) is 0 Å². The molecule has 3 aromatic carbocycles. The largest absolute Gasteiger partial charge is 0.495 e. The van der Waals surface area contributed by atoms with E-state index in [9.17, 15) is 9.59 Å². The summed E-state index contributed by atoms with van der Waals surface area (Å²) >= 11 is 0. The number of benzene rings is 3. The maximum absolute atomic E-state index is 12.4. The third kappa shape index (κ3) is 4.84. The van der Waals surface area contributed by atoms with Crippen molar-refractivity contribution >= 4 is 29.5 Å². The zero-order chi connectivity index (χ0) is 22.3. The third-order valence-corrected chi connectivity index (χ3v) is 4.59. The van der Waals surface area contributed by atoms with E-state index in [1.165, 1.54) is 7.11 Å². The van der Waals surface area contributed by atoms with Gasteiger partial charge in [0.15, 0.2) is 12.3 Å². The topological polar surface area (TPSA) is 86.2 Å². The van der Waals surface area contributed by atoms with Crippen LogP contribution in [0.2, 0.25) is 0 Å². The van der Waals surface area contributed by atoms with E-state index < -0.39 is 5.97 Å². The molecule has 0 saturated carbocycles. The fourth-order valence-corrected chi connectivity index (χ4v) is 3.07. The van der Waals surface area contributed by atoms with E-state index in [0.717, 1.165) is 0 Å². The van der Waals surface area contributed by atoms with Gasteiger partial charge in [0.1, 0.15) is 11.5 Å². The molecular formula is C25H20N2O5. The molecule has 1 N–H and O–H groups in total. The van der Waals surface area contributed by atoms with Crippen molar-refractivity contribution in [3.63, 3.8) is 0 Å². The van der Waals surface area contributed by atoms with Gasteiger partial charge in [0.05, 0.1) is 12.8 Å². The molecular weight excluding hydrogens is 408 g/mol. The first-order chi connectivity index (χ1) is 15.6. The molecule has 1 aliphatic heterocycles. The fourth-order valence-electron chi connectivity index (χ4n) is 3.07. The lowest BCUT2D eigenvalue weighted by Gasteiger charge is -2.11. The number of anilines is 1. The minimum absolute atomic E-state index is 0.151. The predicted molar refractivity (Wildman–Crippen MR) is 121 cm³/mol. The molecule has 0 bridgehead atoms. The zero-order valence-corrected chi connectivity index (χ0v) is 17.3. The van der Waals surface area contributed by atoms with Crippen LogP contribution in [0.5, 0.6) is 11.5 Å². The van der Waals surface area contributed by atoms with E-state index in [1.807, 2.05) is 36.4 Å². The number of nitrogens with zero attached hydrogens (tertiary/aromatic N) is 1. The van der Waals surface area contributed by atoms with E-state index in [1.54, 1.807) is 48.5 Å². The molecule has 0 saturated heterocycles. The van der Waals surface area contributed by atoms with Crippen LogP contribution in [0.25, 0.3) is 6.08 Å². The molecule has 0 radical (unpaired) electrons. The Labute approximate surface area is 185 Å². The zero-order valence-electron chi connectivity index (χ0n) is 17.3. The number of carbonyl (C=O) groups is 2. The van der Waals surface area contributed by atoms with Crippen LogP contribution in [-0.4, -0.2) is 31.5 Å². The Balaban J connectivity index is 1.48. The van der Waals surface area contributed by atoms with Crippen LogP contribution in [-0.2, 0) is 14.3 Å². The lowest BCUT2D eigenvalue weighted by atomic mass is 10.1. The third-order valence-electron chi connectivity index (χ3n) is 4.59. The van der Waals surface area contributed by atoms with Gasteiger partial charge in [0, 0.05) is 11.1 Å². The monoisotopic (exact) mass is 428 g/mol. The second kappa shape index (κ2) is 9.61. The quantitative estimate of drug-likeness (QED) is 0.453. The number of hydrogen-bond donors (Lipinski definition) is 1. The number of cyclic esters (lactones) is 1. The van der Waals surface area contributed by atoms with Crippen LogP contribution in [0, 0.1) is 0 Å². The summed E-state index contributed by atoms with van der Waals surface area (Å²) < 4.78 is 16.2. The summed E-state index contributed by atoms with van der Waals surface area (Å²) in [6, 6.07) is 23.3. The van der Waals surface area contributed by atoms with Gasteiger partial charge in [-0.05, 0) is 36.4 Å². The van der Waals surface area contributed by atoms with Gasteiger partial charge in [0.2, 0.25) is 5.90 Å². The van der Waals surface area contributed by atoms with Crippen LogP contribution < -0.4 is 14.8 Å². The van der Waals surface area contributed by atoms with Gasteiger partial charge in [-0.2, -0.15) is 0 Å². The molecule has 0 atom stereocenters. The lowest BCUT2D eigenvalue weighted by Crippen LogP contribution is -2.20. The maximum atomic E-state index is 12.4. The Hall–Kier alpha value is -4.39. The number of amides is 1. The molecule has 7 heteroatoms. The molecule has 4 rings (SSSR count). The molecule has 0 aromatic heterocycles. The number of methoxy groups -OCH3 is 1. The molecule has 0 fully saturated rings. The molecule has 1 heterocycles. The van der Waals surface area contributed by atoms with E-state index in [-0.39, 0.29) is 24.1 Å². The highest BCUT2D eigenvalue weighted by Gasteiger charge is 2.24. The average Bonchev–Trinajstić information content (AvgIpc) is 3.19. The van der Waals surface area contributed by atoms with Crippen LogP contribution in [0.4, 0.5) is 5.69 Å². The first-order valence-electron chi connectivity index (χ1n) is 9.87. The highest BCUT2D eigenvalue weighted by Crippen LogP contribution is 2.26. The molecule has 1 aliphatic rings. The van der Waals surface area contributed by atoms with Gasteiger partial charge in [-0.3, -0.25) is 4.79 Å². The number of carbonyl (C=O) groups excluding carboxylic acids is 2. The number of aliphatic imine (C=N–C) groups is 1. The Morgan fingerprint density at radius 3 is 2.44 bits per heavy atom. The van der Waals surface area contributed by atoms with Gasteiger partial charge < -0.3 is 19.5 Å². The van der Waals surface area contributed by atoms with Gasteiger partial charge in [-0.25, -0.2) is 9.79 Å². The molecule has 0 unspecified atom stereocenters. The van der Waals surface area contributed by atoms with Crippen molar-refractivity contribution in [3.05, 3.63) is 95.7 Å². The lowest BCUT2D eigenvalue weighted by molar-refractivity contribution is -0.130. The first kappa shape index (κ1) is 20.9. The molecule has 3 aromatic rings.